The minimum absolute atomic E-state index is 0.341. The molecular weight excluding hydrogens is 306 g/mol. The van der Waals surface area contributed by atoms with E-state index in [1.807, 2.05) is 24.3 Å². The van der Waals surface area contributed by atoms with Gasteiger partial charge in [-0.15, -0.1) is 0 Å². The first-order valence-corrected chi connectivity index (χ1v) is 7.58. The maximum absolute atomic E-state index is 12.7. The third-order valence-corrected chi connectivity index (χ3v) is 4.06. The number of carbonyl (C=O) groups is 2. The number of amides is 1. The van der Waals surface area contributed by atoms with Crippen molar-refractivity contribution in [2.75, 3.05) is 0 Å². The van der Waals surface area contributed by atoms with Crippen molar-refractivity contribution >= 4 is 22.8 Å². The van der Waals surface area contributed by atoms with E-state index in [1.165, 1.54) is 0 Å². The molecule has 3 aromatic rings. The second-order valence-electron chi connectivity index (χ2n) is 5.63. The molecule has 0 aliphatic heterocycles. The van der Waals surface area contributed by atoms with Crippen LogP contribution < -0.4 is 5.32 Å². The van der Waals surface area contributed by atoms with E-state index >= 15 is 0 Å². The fourth-order valence-electron chi connectivity index (χ4n) is 2.68. The van der Waals surface area contributed by atoms with Gasteiger partial charge in [0, 0.05) is 5.39 Å². The van der Waals surface area contributed by atoms with Gasteiger partial charge in [0.25, 0.3) is 5.91 Å². The van der Waals surface area contributed by atoms with E-state index in [4.69, 9.17) is 0 Å². The molecule has 6 heteroatoms. The first-order valence-electron chi connectivity index (χ1n) is 7.58. The molecule has 2 aromatic carbocycles. The molecule has 1 heterocycles. The number of nitrogens with zero attached hydrogens (tertiary/aromatic N) is 1. The number of aliphatic carboxylic acids is 1. The molecule has 0 saturated carbocycles. The number of carboxylic acid groups (broad SMARTS) is 1. The third-order valence-electron chi connectivity index (χ3n) is 4.06. The molecule has 3 rings (SSSR count). The molecule has 0 aliphatic rings. The van der Waals surface area contributed by atoms with Crippen LogP contribution in [0.15, 0.2) is 54.7 Å². The lowest BCUT2D eigenvalue weighted by molar-refractivity contribution is -0.142. The maximum atomic E-state index is 12.7. The fourth-order valence-corrected chi connectivity index (χ4v) is 2.68. The Kier molecular flexibility index (Phi) is 4.29. The lowest BCUT2D eigenvalue weighted by Crippen LogP contribution is -2.35. The number of hydrogen-bond donors (Lipinski definition) is 3. The van der Waals surface area contributed by atoms with Crippen LogP contribution in [0.2, 0.25) is 0 Å². The summed E-state index contributed by atoms with van der Waals surface area (Å²) in [5.74, 6) is -2.08. The van der Waals surface area contributed by atoms with Crippen molar-refractivity contribution in [1.29, 1.82) is 0 Å². The Bertz CT molecular complexity index is 873. The van der Waals surface area contributed by atoms with E-state index in [1.54, 1.807) is 37.4 Å². The lowest BCUT2D eigenvalue weighted by Gasteiger charge is -2.23. The molecule has 0 saturated heterocycles. The summed E-state index contributed by atoms with van der Waals surface area (Å²) in [4.78, 5) is 24.2. The number of fused-ring (bicyclic) bond motifs is 1. The highest BCUT2D eigenvalue weighted by Crippen LogP contribution is 2.24. The summed E-state index contributed by atoms with van der Waals surface area (Å²) in [5.41, 5.74) is 1.81. The molecule has 6 nitrogen and oxygen atoms in total. The summed E-state index contributed by atoms with van der Waals surface area (Å²) in [5, 5.41) is 19.8. The number of nitrogens with one attached hydrogen (secondary N) is 2. The Balaban J connectivity index is 1.94. The number of aromatic amines is 1. The van der Waals surface area contributed by atoms with Gasteiger partial charge in [-0.05, 0) is 18.6 Å². The average molecular weight is 323 g/mol. The molecule has 122 valence electrons. The molecule has 3 N–H and O–H groups in total. The topological polar surface area (TPSA) is 95.1 Å². The number of carbonyl (C=O) groups excluding carboxylic acids is 1. The molecule has 0 fully saturated rings. The number of hydrogen-bond acceptors (Lipinski definition) is 3. The van der Waals surface area contributed by atoms with Crippen molar-refractivity contribution in [2.45, 2.75) is 13.0 Å². The fraction of sp³-hybridized carbons (Fsp3) is 0.167. The van der Waals surface area contributed by atoms with Crippen molar-refractivity contribution in [1.82, 2.24) is 15.5 Å². The van der Waals surface area contributed by atoms with Gasteiger partial charge in [0.1, 0.15) is 0 Å². The summed E-state index contributed by atoms with van der Waals surface area (Å²) >= 11 is 0. The molecule has 2 atom stereocenters. The number of H-pyrrole nitrogens is 1. The maximum Gasteiger partial charge on any atom is 0.308 e. The van der Waals surface area contributed by atoms with Gasteiger partial charge >= 0.3 is 5.97 Å². The van der Waals surface area contributed by atoms with E-state index in [0.29, 0.717) is 11.1 Å². The van der Waals surface area contributed by atoms with Gasteiger partial charge in [-0.2, -0.15) is 5.10 Å². The summed E-state index contributed by atoms with van der Waals surface area (Å²) in [6.45, 7) is 1.58. The molecular formula is C18H17N3O3. The minimum Gasteiger partial charge on any atom is -0.481 e. The zero-order valence-corrected chi connectivity index (χ0v) is 13.1. The molecule has 0 bridgehead atoms. The highest BCUT2D eigenvalue weighted by Gasteiger charge is 2.27. The predicted octanol–water partition coefficient (Wildman–Crippen LogP) is 2.75. The number of para-hydroxylation sites is 1. The van der Waals surface area contributed by atoms with E-state index in [-0.39, 0.29) is 5.91 Å². The average Bonchev–Trinajstić information content (AvgIpc) is 3.08. The van der Waals surface area contributed by atoms with Gasteiger partial charge in [-0.25, -0.2) is 0 Å². The smallest absolute Gasteiger partial charge is 0.308 e. The lowest BCUT2D eigenvalue weighted by atomic mass is 9.94. The van der Waals surface area contributed by atoms with E-state index in [2.05, 4.69) is 15.5 Å². The van der Waals surface area contributed by atoms with Crippen molar-refractivity contribution in [3.8, 4) is 0 Å². The first-order chi connectivity index (χ1) is 11.6. The second-order valence-corrected chi connectivity index (χ2v) is 5.63. The van der Waals surface area contributed by atoms with Crippen LogP contribution in [0.3, 0.4) is 0 Å². The van der Waals surface area contributed by atoms with Crippen molar-refractivity contribution in [3.05, 3.63) is 65.9 Å². The molecule has 0 unspecified atom stereocenters. The third kappa shape index (κ3) is 2.99. The van der Waals surface area contributed by atoms with Crippen LogP contribution in [-0.4, -0.2) is 27.2 Å². The number of rotatable bonds is 5. The Labute approximate surface area is 138 Å². The van der Waals surface area contributed by atoms with Crippen LogP contribution in [0.1, 0.15) is 28.9 Å². The molecule has 1 aromatic heterocycles. The van der Waals surface area contributed by atoms with Crippen LogP contribution in [-0.2, 0) is 4.79 Å². The van der Waals surface area contributed by atoms with Crippen LogP contribution in [0.5, 0.6) is 0 Å². The largest absolute Gasteiger partial charge is 0.481 e. The highest BCUT2D eigenvalue weighted by molar-refractivity contribution is 6.05. The van der Waals surface area contributed by atoms with Crippen LogP contribution in [0.25, 0.3) is 10.9 Å². The highest BCUT2D eigenvalue weighted by atomic mass is 16.4. The van der Waals surface area contributed by atoms with E-state index in [0.717, 1.165) is 10.9 Å². The Hall–Kier alpha value is -3.15. The molecule has 0 spiro atoms. The Morgan fingerprint density at radius 1 is 1.12 bits per heavy atom. The number of carboxylic acids is 1. The van der Waals surface area contributed by atoms with Gasteiger partial charge in [0.2, 0.25) is 0 Å². The summed E-state index contributed by atoms with van der Waals surface area (Å²) < 4.78 is 0. The SMILES string of the molecule is C[C@H](C(=O)O)[C@@H](NC(=O)c1cccc2cn[nH]c12)c1ccccc1. The normalized spacial score (nSPS) is 13.4. The summed E-state index contributed by atoms with van der Waals surface area (Å²) in [6, 6.07) is 13.8. The minimum atomic E-state index is -0.969. The van der Waals surface area contributed by atoms with Gasteiger partial charge < -0.3 is 10.4 Å². The van der Waals surface area contributed by atoms with E-state index < -0.39 is 17.9 Å². The molecule has 24 heavy (non-hydrogen) atoms. The van der Waals surface area contributed by atoms with Crippen molar-refractivity contribution in [2.24, 2.45) is 5.92 Å². The van der Waals surface area contributed by atoms with Crippen molar-refractivity contribution < 1.29 is 14.7 Å². The van der Waals surface area contributed by atoms with Gasteiger partial charge in [-0.1, -0.05) is 42.5 Å². The molecule has 0 aliphatic carbocycles. The standard InChI is InChI=1S/C18H17N3O3/c1-11(18(23)24)15(12-6-3-2-4-7-12)20-17(22)14-9-5-8-13-10-19-21-16(13)14/h2-11,15H,1H3,(H,19,21)(H,20,22)(H,23,24)/t11-,15+/m0/s1. The number of benzene rings is 2. The summed E-state index contributed by atoms with van der Waals surface area (Å²) in [6.07, 6.45) is 1.64. The van der Waals surface area contributed by atoms with Crippen molar-refractivity contribution in [3.63, 3.8) is 0 Å². The monoisotopic (exact) mass is 323 g/mol. The zero-order valence-electron chi connectivity index (χ0n) is 13.1. The quantitative estimate of drug-likeness (QED) is 0.673. The molecule has 0 radical (unpaired) electrons. The second kappa shape index (κ2) is 6.54. The predicted molar refractivity (Wildman–Crippen MR) is 89.5 cm³/mol. The Morgan fingerprint density at radius 2 is 1.88 bits per heavy atom. The number of aromatic nitrogens is 2. The first kappa shape index (κ1) is 15.7. The summed E-state index contributed by atoms with van der Waals surface area (Å²) in [7, 11) is 0. The van der Waals surface area contributed by atoms with E-state index in [9.17, 15) is 14.7 Å². The van der Waals surface area contributed by atoms with Gasteiger partial charge in [0.15, 0.2) is 0 Å². The Morgan fingerprint density at radius 3 is 2.58 bits per heavy atom. The van der Waals surface area contributed by atoms with Crippen LogP contribution in [0.4, 0.5) is 0 Å². The molecule has 1 amide bonds. The van der Waals surface area contributed by atoms with Crippen LogP contribution >= 0.6 is 0 Å². The zero-order chi connectivity index (χ0) is 17.1. The van der Waals surface area contributed by atoms with Crippen LogP contribution in [0, 0.1) is 5.92 Å². The van der Waals surface area contributed by atoms with Gasteiger partial charge in [0.05, 0.1) is 29.2 Å². The van der Waals surface area contributed by atoms with Gasteiger partial charge in [-0.3, -0.25) is 14.7 Å².